The van der Waals surface area contributed by atoms with E-state index in [9.17, 15) is 29.1 Å². The number of rotatable bonds is 19. The number of amides is 4. The molecule has 2 aromatic rings. The van der Waals surface area contributed by atoms with E-state index in [2.05, 4.69) is 20.9 Å². The van der Waals surface area contributed by atoms with Crippen molar-refractivity contribution in [2.75, 3.05) is 18.6 Å². The first-order valence-corrected chi connectivity index (χ1v) is 14.9. The molecule has 4 amide bonds. The lowest BCUT2D eigenvalue weighted by molar-refractivity contribution is -0.142. The molecule has 0 aliphatic heterocycles. The van der Waals surface area contributed by atoms with Gasteiger partial charge in [-0.05, 0) is 62.3 Å². The minimum absolute atomic E-state index is 0.0104. The van der Waals surface area contributed by atoms with Gasteiger partial charge in [-0.3, -0.25) is 19.2 Å². The number of nitrogens with one attached hydrogen (secondary N) is 4. The van der Waals surface area contributed by atoms with Crippen LogP contribution in [0.5, 0.6) is 0 Å². The maximum absolute atomic E-state index is 13.5. The summed E-state index contributed by atoms with van der Waals surface area (Å²) in [5.41, 5.74) is 18.2. The highest BCUT2D eigenvalue weighted by atomic mass is 32.2. The van der Waals surface area contributed by atoms with Crippen LogP contribution < -0.4 is 33.2 Å². The Hall–Kier alpha value is -3.62. The van der Waals surface area contributed by atoms with Crippen molar-refractivity contribution in [3.8, 4) is 0 Å². The number of H-pyrrole nitrogens is 1. The molecule has 0 saturated carbocycles. The number of hydrogen-bond donors (Lipinski definition) is 8. The second-order valence-electron chi connectivity index (χ2n) is 9.76. The standard InChI is InChI=1S/C27H41N7O6S/c1-41-13-11-21(27(39)40)33-26(38)22(14-16-15-31-19-7-3-2-6-17(16)19)34-25(37)20(8-4-5-12-28)32-24(36)18(29)9-10-23(30)35/h2-3,6-7,15,18,20-22,31H,4-5,8-14,28-29H2,1H3,(H2,30,35)(H,32,36)(H,33,38)(H,34,37)(H,39,40). The van der Waals surface area contributed by atoms with Gasteiger partial charge in [-0.15, -0.1) is 0 Å². The summed E-state index contributed by atoms with van der Waals surface area (Å²) >= 11 is 1.45. The molecule has 0 bridgehead atoms. The Balaban J connectivity index is 2.28. The predicted molar refractivity (Wildman–Crippen MR) is 158 cm³/mol. The largest absolute Gasteiger partial charge is 0.480 e. The maximum Gasteiger partial charge on any atom is 0.326 e. The molecule has 1 heterocycles. The highest BCUT2D eigenvalue weighted by molar-refractivity contribution is 7.98. The Morgan fingerprint density at radius 2 is 1.59 bits per heavy atom. The second-order valence-corrected chi connectivity index (χ2v) is 10.7. The Kier molecular flexibility index (Phi) is 14.1. The number of thioether (sulfide) groups is 1. The zero-order valence-corrected chi connectivity index (χ0v) is 24.0. The SMILES string of the molecule is CSCCC(NC(=O)C(Cc1c[nH]c2ccccc12)NC(=O)C(CCCCN)NC(=O)C(N)CCC(N)=O)C(=O)O. The number of carboxylic acid groups (broad SMARTS) is 1. The summed E-state index contributed by atoms with van der Waals surface area (Å²) in [6, 6.07) is 3.07. The number of para-hydroxylation sites is 1. The van der Waals surface area contributed by atoms with Gasteiger partial charge in [-0.25, -0.2) is 4.79 Å². The molecule has 14 heteroatoms. The van der Waals surface area contributed by atoms with Crippen molar-refractivity contribution in [1.29, 1.82) is 0 Å². The van der Waals surface area contributed by atoms with Crippen LogP contribution in [-0.2, 0) is 30.4 Å². The average molecular weight is 592 g/mol. The van der Waals surface area contributed by atoms with Crippen molar-refractivity contribution in [2.24, 2.45) is 17.2 Å². The summed E-state index contributed by atoms with van der Waals surface area (Å²) in [4.78, 5) is 65.6. The number of carbonyl (C=O) groups excluding carboxylic acids is 4. The number of nitrogens with two attached hydrogens (primary N) is 3. The lowest BCUT2D eigenvalue weighted by Crippen LogP contribution is -2.57. The van der Waals surface area contributed by atoms with Crippen LogP contribution in [0.15, 0.2) is 30.5 Å². The molecule has 11 N–H and O–H groups in total. The molecule has 0 aliphatic rings. The molecule has 2 rings (SSSR count). The van der Waals surface area contributed by atoms with Gasteiger partial charge in [0.1, 0.15) is 18.1 Å². The van der Waals surface area contributed by atoms with Crippen LogP contribution in [0.25, 0.3) is 10.9 Å². The minimum atomic E-state index is -1.18. The first-order chi connectivity index (χ1) is 19.6. The lowest BCUT2D eigenvalue weighted by atomic mass is 10.0. The molecule has 1 aromatic carbocycles. The molecule has 0 saturated heterocycles. The van der Waals surface area contributed by atoms with E-state index >= 15 is 0 Å². The third-order valence-corrected chi connectivity index (χ3v) is 7.22. The third kappa shape index (κ3) is 11.1. The average Bonchev–Trinajstić information content (AvgIpc) is 3.35. The molecule has 4 unspecified atom stereocenters. The third-order valence-electron chi connectivity index (χ3n) is 6.58. The van der Waals surface area contributed by atoms with Crippen LogP contribution in [0.2, 0.25) is 0 Å². The van der Waals surface area contributed by atoms with Gasteiger partial charge in [0, 0.05) is 29.9 Å². The van der Waals surface area contributed by atoms with Crippen molar-refractivity contribution >= 4 is 52.3 Å². The van der Waals surface area contributed by atoms with E-state index in [1.807, 2.05) is 30.5 Å². The fourth-order valence-electron chi connectivity index (χ4n) is 4.24. The molecular weight excluding hydrogens is 550 g/mol. The van der Waals surface area contributed by atoms with E-state index in [0.29, 0.717) is 25.1 Å². The molecule has 41 heavy (non-hydrogen) atoms. The van der Waals surface area contributed by atoms with Crippen LogP contribution in [0.1, 0.15) is 44.1 Å². The highest BCUT2D eigenvalue weighted by Gasteiger charge is 2.31. The number of carboxylic acids is 1. The molecule has 0 spiro atoms. The molecule has 0 aliphatic carbocycles. The molecule has 226 valence electrons. The topological polar surface area (TPSA) is 236 Å². The van der Waals surface area contributed by atoms with Crippen LogP contribution >= 0.6 is 11.8 Å². The van der Waals surface area contributed by atoms with Gasteiger partial charge in [0.25, 0.3) is 0 Å². The number of aromatic nitrogens is 1. The summed E-state index contributed by atoms with van der Waals surface area (Å²) < 4.78 is 0. The van der Waals surface area contributed by atoms with Gasteiger partial charge < -0.3 is 43.2 Å². The van der Waals surface area contributed by atoms with Crippen molar-refractivity contribution in [3.63, 3.8) is 0 Å². The smallest absolute Gasteiger partial charge is 0.326 e. The number of unbranched alkanes of at least 4 members (excludes halogenated alkanes) is 1. The highest BCUT2D eigenvalue weighted by Crippen LogP contribution is 2.19. The molecular formula is C27H41N7O6S. The van der Waals surface area contributed by atoms with Crippen molar-refractivity contribution < 1.29 is 29.1 Å². The number of primary amides is 1. The normalized spacial score (nSPS) is 14.0. The van der Waals surface area contributed by atoms with E-state index in [0.717, 1.165) is 16.5 Å². The zero-order chi connectivity index (χ0) is 30.4. The number of hydrogen-bond acceptors (Lipinski definition) is 8. The number of benzene rings is 1. The van der Waals surface area contributed by atoms with Gasteiger partial charge in [0.05, 0.1) is 6.04 Å². The summed E-state index contributed by atoms with van der Waals surface area (Å²) in [5, 5.41) is 18.4. The Bertz CT molecular complexity index is 1190. The van der Waals surface area contributed by atoms with E-state index < -0.39 is 53.8 Å². The molecule has 4 atom stereocenters. The quantitative estimate of drug-likeness (QED) is 0.100. The Morgan fingerprint density at radius 1 is 0.927 bits per heavy atom. The molecule has 1 aromatic heterocycles. The van der Waals surface area contributed by atoms with Crippen LogP contribution in [0.4, 0.5) is 0 Å². The van der Waals surface area contributed by atoms with Gasteiger partial charge in [-0.2, -0.15) is 11.8 Å². The first kappa shape index (κ1) is 33.6. The van der Waals surface area contributed by atoms with Gasteiger partial charge >= 0.3 is 5.97 Å². The second kappa shape index (κ2) is 17.3. The maximum atomic E-state index is 13.5. The van der Waals surface area contributed by atoms with E-state index in [1.165, 1.54) is 11.8 Å². The zero-order valence-electron chi connectivity index (χ0n) is 23.2. The fraction of sp³-hybridized carbons (Fsp3) is 0.519. The summed E-state index contributed by atoms with van der Waals surface area (Å²) in [5.74, 6) is -3.20. The Morgan fingerprint density at radius 3 is 2.24 bits per heavy atom. The number of fused-ring (bicyclic) bond motifs is 1. The predicted octanol–water partition coefficient (Wildman–Crippen LogP) is -0.276. The minimum Gasteiger partial charge on any atom is -0.480 e. The van der Waals surface area contributed by atoms with E-state index in [1.54, 1.807) is 6.20 Å². The van der Waals surface area contributed by atoms with E-state index in [4.69, 9.17) is 17.2 Å². The first-order valence-electron chi connectivity index (χ1n) is 13.5. The summed E-state index contributed by atoms with van der Waals surface area (Å²) in [7, 11) is 0. The molecule has 13 nitrogen and oxygen atoms in total. The van der Waals surface area contributed by atoms with Crippen LogP contribution in [0, 0.1) is 0 Å². The van der Waals surface area contributed by atoms with Crippen molar-refractivity contribution in [1.82, 2.24) is 20.9 Å². The molecule has 0 radical (unpaired) electrons. The van der Waals surface area contributed by atoms with Gasteiger partial charge in [0.2, 0.25) is 23.6 Å². The summed E-state index contributed by atoms with van der Waals surface area (Å²) in [6.45, 7) is 0.388. The summed E-state index contributed by atoms with van der Waals surface area (Å²) in [6.07, 6.45) is 5.10. The van der Waals surface area contributed by atoms with Gasteiger partial charge in [-0.1, -0.05) is 18.2 Å². The van der Waals surface area contributed by atoms with Crippen molar-refractivity contribution in [2.45, 2.75) is 69.1 Å². The van der Waals surface area contributed by atoms with Crippen LogP contribution in [-0.4, -0.2) is 82.4 Å². The van der Waals surface area contributed by atoms with E-state index in [-0.39, 0.29) is 32.1 Å². The Labute approximate surface area is 243 Å². The number of aromatic amines is 1. The number of carbonyl (C=O) groups is 5. The van der Waals surface area contributed by atoms with Crippen molar-refractivity contribution in [3.05, 3.63) is 36.0 Å². The van der Waals surface area contributed by atoms with Gasteiger partial charge in [0.15, 0.2) is 0 Å². The lowest BCUT2D eigenvalue weighted by Gasteiger charge is -2.25. The number of aliphatic carboxylic acids is 1. The monoisotopic (exact) mass is 591 g/mol. The molecule has 0 fully saturated rings. The fourth-order valence-corrected chi connectivity index (χ4v) is 4.71. The van der Waals surface area contributed by atoms with Crippen LogP contribution in [0.3, 0.4) is 0 Å².